The molecule has 0 bridgehead atoms. The van der Waals surface area contributed by atoms with Gasteiger partial charge in [-0.25, -0.2) is 9.78 Å². The molecule has 0 saturated carbocycles. The third-order valence-electron chi connectivity index (χ3n) is 2.73. The molecule has 0 spiro atoms. The molecule has 0 radical (unpaired) electrons. The summed E-state index contributed by atoms with van der Waals surface area (Å²) in [6.07, 6.45) is -0.508. The molecule has 1 amide bonds. The van der Waals surface area contributed by atoms with E-state index in [1.807, 2.05) is 45.9 Å². The van der Waals surface area contributed by atoms with Crippen LogP contribution in [-0.4, -0.2) is 28.5 Å². The molecule has 1 heterocycles. The fourth-order valence-electron chi connectivity index (χ4n) is 1.93. The molecule has 0 fully saturated rings. The lowest BCUT2D eigenvalue weighted by atomic mass is 10.1. The number of aromatic nitrogens is 1. The van der Waals surface area contributed by atoms with Crippen LogP contribution in [0, 0.1) is 0 Å². The molecule has 2 rings (SSSR count). The van der Waals surface area contributed by atoms with Gasteiger partial charge in [-0.1, -0.05) is 0 Å². The van der Waals surface area contributed by atoms with E-state index in [9.17, 15) is 4.79 Å². The van der Waals surface area contributed by atoms with Gasteiger partial charge < -0.3 is 4.74 Å². The Hall–Kier alpha value is -1.27. The second kappa shape index (κ2) is 6.23. The number of carbonyl (C=O) groups is 1. The Labute approximate surface area is 134 Å². The zero-order valence-electron chi connectivity index (χ0n) is 12.7. The summed E-state index contributed by atoms with van der Waals surface area (Å²) in [6.45, 7) is 8.09. The van der Waals surface area contributed by atoms with Crippen LogP contribution in [0.3, 0.4) is 0 Å². The fourth-order valence-corrected chi connectivity index (χ4v) is 2.78. The number of hydrogen-bond donors (Lipinski definition) is 1. The Morgan fingerprint density at radius 1 is 1.48 bits per heavy atom. The van der Waals surface area contributed by atoms with E-state index in [1.165, 1.54) is 0 Å². The Bertz CT molecular complexity index is 632. The summed E-state index contributed by atoms with van der Waals surface area (Å²) in [5.41, 5.74) is 3.54. The van der Waals surface area contributed by atoms with Crippen molar-refractivity contribution in [3.05, 3.63) is 23.7 Å². The van der Waals surface area contributed by atoms with E-state index in [1.54, 1.807) is 21.7 Å². The number of amides is 1. The van der Waals surface area contributed by atoms with Crippen LogP contribution in [-0.2, 0) is 4.74 Å². The lowest BCUT2D eigenvalue weighted by molar-refractivity contribution is 0.122. The Morgan fingerprint density at radius 3 is 2.81 bits per heavy atom. The van der Waals surface area contributed by atoms with Crippen molar-refractivity contribution in [2.75, 3.05) is 11.4 Å². The third-order valence-corrected chi connectivity index (χ3v) is 3.66. The van der Waals surface area contributed by atoms with Crippen molar-refractivity contribution >= 4 is 46.0 Å². The normalized spacial score (nSPS) is 11.9. The number of thiazole rings is 1. The van der Waals surface area contributed by atoms with Gasteiger partial charge in [0, 0.05) is 17.0 Å². The van der Waals surface area contributed by atoms with Gasteiger partial charge in [0.25, 0.3) is 0 Å². The summed E-state index contributed by atoms with van der Waals surface area (Å²) in [5, 5.41) is 0. The van der Waals surface area contributed by atoms with Gasteiger partial charge in [-0.3, -0.25) is 4.90 Å². The Morgan fingerprint density at radius 2 is 2.19 bits per heavy atom. The molecule has 0 aliphatic rings. The molecule has 6 heteroatoms. The van der Waals surface area contributed by atoms with E-state index in [0.29, 0.717) is 6.54 Å². The van der Waals surface area contributed by atoms with Gasteiger partial charge in [0.05, 0.1) is 21.8 Å². The zero-order chi connectivity index (χ0) is 15.6. The molecule has 2 aromatic rings. The van der Waals surface area contributed by atoms with Gasteiger partial charge in [0.2, 0.25) is 0 Å². The smallest absolute Gasteiger partial charge is 0.414 e. The van der Waals surface area contributed by atoms with Crippen LogP contribution < -0.4 is 4.90 Å². The number of anilines is 1. The van der Waals surface area contributed by atoms with Gasteiger partial charge in [-0.2, -0.15) is 12.6 Å². The van der Waals surface area contributed by atoms with Crippen molar-refractivity contribution in [1.82, 2.24) is 4.98 Å². The van der Waals surface area contributed by atoms with Gasteiger partial charge in [0.1, 0.15) is 0 Å². The minimum atomic E-state index is -0.351. The molecule has 0 aliphatic carbocycles. The minimum absolute atomic E-state index is 0.157. The molecule has 4 nitrogen and oxygen atoms in total. The van der Waals surface area contributed by atoms with E-state index in [-0.39, 0.29) is 16.9 Å². The van der Waals surface area contributed by atoms with Crippen molar-refractivity contribution in [1.29, 1.82) is 0 Å². The maximum absolute atomic E-state index is 12.4. The average molecular weight is 324 g/mol. The fraction of sp³-hybridized carbons (Fsp3) is 0.467. The number of benzene rings is 1. The predicted molar refractivity (Wildman–Crippen MR) is 91.6 cm³/mol. The number of hydrogen-bond acceptors (Lipinski definition) is 5. The highest BCUT2D eigenvalue weighted by Gasteiger charge is 2.25. The number of rotatable bonds is 4. The number of fused-ring (bicyclic) bond motifs is 1. The van der Waals surface area contributed by atoms with Crippen LogP contribution >= 0.6 is 24.0 Å². The molecule has 0 aliphatic heterocycles. The number of thiol groups is 1. The molecular weight excluding hydrogens is 304 g/mol. The van der Waals surface area contributed by atoms with Gasteiger partial charge in [-0.05, 0) is 45.9 Å². The largest absolute Gasteiger partial charge is 0.446 e. The van der Waals surface area contributed by atoms with E-state index < -0.39 is 0 Å². The zero-order valence-corrected chi connectivity index (χ0v) is 14.4. The molecule has 0 saturated heterocycles. The highest BCUT2D eigenvalue weighted by molar-refractivity contribution is 7.81. The molecular formula is C15H20N2O2S2. The van der Waals surface area contributed by atoms with E-state index in [0.717, 1.165) is 15.9 Å². The first kappa shape index (κ1) is 16.1. The summed E-state index contributed by atoms with van der Waals surface area (Å²) in [5.74, 6) is 0. The van der Waals surface area contributed by atoms with Crippen LogP contribution in [0.2, 0.25) is 0 Å². The predicted octanol–water partition coefficient (Wildman–Crippen LogP) is 4.36. The number of carbonyl (C=O) groups excluding carboxylic acids is 1. The first-order valence-electron chi connectivity index (χ1n) is 6.80. The minimum Gasteiger partial charge on any atom is -0.446 e. The van der Waals surface area contributed by atoms with E-state index in [4.69, 9.17) is 4.74 Å². The summed E-state index contributed by atoms with van der Waals surface area (Å²) < 4.78 is 6.07. The van der Waals surface area contributed by atoms with Gasteiger partial charge >= 0.3 is 6.09 Å². The number of nitrogens with zero attached hydrogens (tertiary/aromatic N) is 2. The Balaban J connectivity index is 2.35. The molecule has 0 atom stereocenters. The summed E-state index contributed by atoms with van der Waals surface area (Å²) >= 11 is 6.09. The lowest BCUT2D eigenvalue weighted by Crippen LogP contribution is -2.41. The standard InChI is InChI=1S/C15H20N2O2S2/c1-10(2)19-14(18)17(8-15(3,4)20)11-5-6-12-13(7-11)21-9-16-12/h5-7,9-10,20H,8H2,1-4H3. The van der Waals surface area contributed by atoms with Crippen LogP contribution in [0.15, 0.2) is 23.7 Å². The van der Waals surface area contributed by atoms with Gasteiger partial charge in [-0.15, -0.1) is 11.3 Å². The molecule has 114 valence electrons. The number of ether oxygens (including phenoxy) is 1. The van der Waals surface area contributed by atoms with E-state index >= 15 is 0 Å². The van der Waals surface area contributed by atoms with Crippen LogP contribution in [0.25, 0.3) is 10.2 Å². The second-order valence-electron chi connectivity index (χ2n) is 5.84. The molecule has 0 unspecified atom stereocenters. The Kier molecular flexibility index (Phi) is 4.78. The van der Waals surface area contributed by atoms with Crippen molar-refractivity contribution < 1.29 is 9.53 Å². The maximum atomic E-state index is 12.4. The third kappa shape index (κ3) is 4.35. The monoisotopic (exact) mass is 324 g/mol. The highest BCUT2D eigenvalue weighted by Crippen LogP contribution is 2.27. The molecule has 21 heavy (non-hydrogen) atoms. The summed E-state index contributed by atoms with van der Waals surface area (Å²) in [6, 6.07) is 5.78. The van der Waals surface area contributed by atoms with Crippen molar-refractivity contribution in [3.63, 3.8) is 0 Å². The summed E-state index contributed by atoms with van der Waals surface area (Å²) in [4.78, 5) is 18.3. The first-order chi connectivity index (χ1) is 9.76. The SMILES string of the molecule is CC(C)OC(=O)N(CC(C)(C)S)c1ccc2ncsc2c1. The van der Waals surface area contributed by atoms with E-state index in [2.05, 4.69) is 17.6 Å². The van der Waals surface area contributed by atoms with Crippen LogP contribution in [0.5, 0.6) is 0 Å². The quantitative estimate of drug-likeness (QED) is 0.850. The topological polar surface area (TPSA) is 42.4 Å². The van der Waals surface area contributed by atoms with Crippen molar-refractivity contribution in [2.24, 2.45) is 0 Å². The molecule has 1 aromatic carbocycles. The van der Waals surface area contributed by atoms with Crippen LogP contribution in [0.4, 0.5) is 10.5 Å². The van der Waals surface area contributed by atoms with Crippen LogP contribution in [0.1, 0.15) is 27.7 Å². The average Bonchev–Trinajstić information content (AvgIpc) is 2.80. The second-order valence-corrected chi connectivity index (χ2v) is 7.93. The molecule has 0 N–H and O–H groups in total. The van der Waals surface area contributed by atoms with Gasteiger partial charge in [0.15, 0.2) is 0 Å². The highest BCUT2D eigenvalue weighted by atomic mass is 32.1. The maximum Gasteiger partial charge on any atom is 0.414 e. The molecule has 1 aromatic heterocycles. The van der Waals surface area contributed by atoms with Crippen molar-refractivity contribution in [2.45, 2.75) is 38.5 Å². The first-order valence-corrected chi connectivity index (χ1v) is 8.13. The lowest BCUT2D eigenvalue weighted by Gasteiger charge is -2.29. The summed E-state index contributed by atoms with van der Waals surface area (Å²) in [7, 11) is 0. The van der Waals surface area contributed by atoms with Crippen molar-refractivity contribution in [3.8, 4) is 0 Å².